The van der Waals surface area contributed by atoms with Gasteiger partial charge in [-0.3, -0.25) is 0 Å². The van der Waals surface area contributed by atoms with E-state index in [-0.39, 0.29) is 6.10 Å². The van der Waals surface area contributed by atoms with E-state index in [0.717, 1.165) is 28.5 Å². The zero-order valence-corrected chi connectivity index (χ0v) is 15.2. The fraction of sp³-hybridized carbons (Fsp3) is 0.227. The lowest BCUT2D eigenvalue weighted by molar-refractivity contribution is 0.0814. The van der Waals surface area contributed by atoms with E-state index in [4.69, 9.17) is 15.3 Å². The summed E-state index contributed by atoms with van der Waals surface area (Å²) in [5.74, 6) is 6.16. The molecule has 0 aliphatic heterocycles. The number of hydrogen-bond donors (Lipinski definition) is 1. The number of methoxy groups -OCH3 is 1. The molecule has 0 spiro atoms. The van der Waals surface area contributed by atoms with E-state index < -0.39 is 0 Å². The fourth-order valence-electron chi connectivity index (χ4n) is 3.09. The van der Waals surface area contributed by atoms with Crippen molar-refractivity contribution in [2.24, 2.45) is 10.9 Å². The number of hydrazone groups is 1. The van der Waals surface area contributed by atoms with Crippen LogP contribution in [-0.2, 0) is 4.74 Å². The Labute approximate surface area is 154 Å². The van der Waals surface area contributed by atoms with E-state index in [2.05, 4.69) is 36.3 Å². The summed E-state index contributed by atoms with van der Waals surface area (Å²) < 4.78 is 11.7. The van der Waals surface area contributed by atoms with Crippen molar-refractivity contribution in [2.45, 2.75) is 19.4 Å². The molecule has 1 atom stereocenters. The highest BCUT2D eigenvalue weighted by molar-refractivity contribution is 6.02. The standard InChI is InChI=1S/C22H24N2O2/c1-16-7-9-17(10-8-16)21(25-2)13-14-26-22-12-11-18(15-24-23)19-5-3-4-6-20(19)22/h3-12,15,21H,13-14,23H2,1-2H3. The number of fused-ring (bicyclic) bond motifs is 1. The van der Waals surface area contributed by atoms with Crippen LogP contribution >= 0.6 is 0 Å². The lowest BCUT2D eigenvalue weighted by Crippen LogP contribution is -2.08. The molecule has 2 N–H and O–H groups in total. The van der Waals surface area contributed by atoms with Crippen LogP contribution in [0.1, 0.15) is 29.2 Å². The maximum Gasteiger partial charge on any atom is 0.127 e. The van der Waals surface area contributed by atoms with Gasteiger partial charge in [0.05, 0.1) is 18.9 Å². The molecule has 3 rings (SSSR count). The highest BCUT2D eigenvalue weighted by Gasteiger charge is 2.11. The van der Waals surface area contributed by atoms with Gasteiger partial charge < -0.3 is 15.3 Å². The first-order valence-corrected chi connectivity index (χ1v) is 8.70. The molecule has 134 valence electrons. The number of ether oxygens (including phenoxy) is 2. The van der Waals surface area contributed by atoms with Gasteiger partial charge in [0.2, 0.25) is 0 Å². The number of nitrogens with two attached hydrogens (primary N) is 1. The van der Waals surface area contributed by atoms with Crippen molar-refractivity contribution in [1.82, 2.24) is 0 Å². The second kappa shape index (κ2) is 8.50. The Balaban J connectivity index is 1.73. The van der Waals surface area contributed by atoms with Crippen LogP contribution in [0.5, 0.6) is 5.75 Å². The first-order chi connectivity index (χ1) is 12.7. The molecule has 1 unspecified atom stereocenters. The Kier molecular flexibility index (Phi) is 5.87. The van der Waals surface area contributed by atoms with Gasteiger partial charge in [0, 0.05) is 24.5 Å². The normalized spacial score (nSPS) is 12.5. The summed E-state index contributed by atoms with van der Waals surface area (Å²) in [6, 6.07) is 20.5. The number of benzene rings is 3. The quantitative estimate of drug-likeness (QED) is 0.386. The van der Waals surface area contributed by atoms with Gasteiger partial charge in [-0.1, -0.05) is 54.1 Å². The highest BCUT2D eigenvalue weighted by atomic mass is 16.5. The molecule has 0 aromatic heterocycles. The summed E-state index contributed by atoms with van der Waals surface area (Å²) in [4.78, 5) is 0. The van der Waals surface area contributed by atoms with Crippen LogP contribution in [-0.4, -0.2) is 19.9 Å². The van der Waals surface area contributed by atoms with Crippen LogP contribution in [0.2, 0.25) is 0 Å². The monoisotopic (exact) mass is 348 g/mol. The minimum absolute atomic E-state index is 0.0190. The first-order valence-electron chi connectivity index (χ1n) is 8.70. The fourth-order valence-corrected chi connectivity index (χ4v) is 3.09. The first kappa shape index (κ1) is 18.0. The van der Waals surface area contributed by atoms with Crippen molar-refractivity contribution in [1.29, 1.82) is 0 Å². The average Bonchev–Trinajstić information content (AvgIpc) is 2.68. The van der Waals surface area contributed by atoms with Gasteiger partial charge in [-0.2, -0.15) is 5.10 Å². The Bertz CT molecular complexity index is 888. The van der Waals surface area contributed by atoms with Gasteiger partial charge >= 0.3 is 0 Å². The van der Waals surface area contributed by atoms with Crippen molar-refractivity contribution in [3.8, 4) is 5.75 Å². The number of hydrogen-bond acceptors (Lipinski definition) is 4. The molecule has 0 aliphatic carbocycles. The van der Waals surface area contributed by atoms with Gasteiger partial charge in [0.25, 0.3) is 0 Å². The van der Waals surface area contributed by atoms with E-state index in [9.17, 15) is 0 Å². The van der Waals surface area contributed by atoms with E-state index in [1.165, 1.54) is 11.1 Å². The Morgan fingerprint density at radius 1 is 1.00 bits per heavy atom. The smallest absolute Gasteiger partial charge is 0.127 e. The van der Waals surface area contributed by atoms with Crippen LogP contribution in [0, 0.1) is 6.92 Å². The predicted molar refractivity (Wildman–Crippen MR) is 107 cm³/mol. The molecule has 3 aromatic rings. The molecule has 3 aromatic carbocycles. The van der Waals surface area contributed by atoms with Gasteiger partial charge in [-0.15, -0.1) is 0 Å². The molecule has 0 heterocycles. The zero-order chi connectivity index (χ0) is 18.4. The number of rotatable bonds is 7. The van der Waals surface area contributed by atoms with Gasteiger partial charge in [-0.25, -0.2) is 0 Å². The van der Waals surface area contributed by atoms with E-state index in [0.29, 0.717) is 6.61 Å². The molecule has 4 nitrogen and oxygen atoms in total. The molecule has 0 saturated heterocycles. The van der Waals surface area contributed by atoms with Crippen LogP contribution in [0.15, 0.2) is 65.8 Å². The van der Waals surface area contributed by atoms with E-state index in [1.54, 1.807) is 13.3 Å². The SMILES string of the molecule is COC(CCOc1ccc(C=NN)c2ccccc12)c1ccc(C)cc1. The molecule has 0 fully saturated rings. The number of aryl methyl sites for hydroxylation is 1. The molecule has 0 amide bonds. The second-order valence-corrected chi connectivity index (χ2v) is 6.25. The largest absolute Gasteiger partial charge is 0.493 e. The molecule has 0 aliphatic rings. The summed E-state index contributed by atoms with van der Waals surface area (Å²) in [6.07, 6.45) is 2.45. The lowest BCUT2D eigenvalue weighted by atomic mass is 10.0. The maximum absolute atomic E-state index is 6.07. The number of nitrogens with zero attached hydrogens (tertiary/aromatic N) is 1. The van der Waals surface area contributed by atoms with Crippen LogP contribution in [0.3, 0.4) is 0 Å². The topological polar surface area (TPSA) is 56.8 Å². The molecule has 26 heavy (non-hydrogen) atoms. The van der Waals surface area contributed by atoms with Crippen molar-refractivity contribution >= 4 is 17.0 Å². The van der Waals surface area contributed by atoms with E-state index >= 15 is 0 Å². The van der Waals surface area contributed by atoms with E-state index in [1.807, 2.05) is 36.4 Å². The lowest BCUT2D eigenvalue weighted by Gasteiger charge is -2.17. The molecule has 0 saturated carbocycles. The predicted octanol–water partition coefficient (Wildman–Crippen LogP) is 4.60. The summed E-state index contributed by atoms with van der Waals surface area (Å²) in [5.41, 5.74) is 3.39. The van der Waals surface area contributed by atoms with Crippen LogP contribution in [0.4, 0.5) is 0 Å². The summed E-state index contributed by atoms with van der Waals surface area (Å²) >= 11 is 0. The second-order valence-electron chi connectivity index (χ2n) is 6.25. The summed E-state index contributed by atoms with van der Waals surface area (Å²) in [7, 11) is 1.74. The molecule has 0 bridgehead atoms. The Morgan fingerprint density at radius 2 is 1.73 bits per heavy atom. The molecular weight excluding hydrogens is 324 g/mol. The third kappa shape index (κ3) is 4.03. The minimum Gasteiger partial charge on any atom is -0.493 e. The zero-order valence-electron chi connectivity index (χ0n) is 15.2. The van der Waals surface area contributed by atoms with Gasteiger partial charge in [-0.05, 0) is 30.0 Å². The van der Waals surface area contributed by atoms with Gasteiger partial charge in [0.1, 0.15) is 5.75 Å². The molecule has 4 heteroatoms. The molecular formula is C22H24N2O2. The van der Waals surface area contributed by atoms with Crippen molar-refractivity contribution < 1.29 is 9.47 Å². The summed E-state index contributed by atoms with van der Waals surface area (Å²) in [5, 5.41) is 5.76. The van der Waals surface area contributed by atoms with Crippen LogP contribution < -0.4 is 10.6 Å². The Morgan fingerprint density at radius 3 is 2.42 bits per heavy atom. The minimum atomic E-state index is 0.0190. The molecule has 0 radical (unpaired) electrons. The van der Waals surface area contributed by atoms with Gasteiger partial charge in [0.15, 0.2) is 0 Å². The average molecular weight is 348 g/mol. The Hall–Kier alpha value is -2.85. The maximum atomic E-state index is 6.07. The third-order valence-corrected chi connectivity index (χ3v) is 4.50. The van der Waals surface area contributed by atoms with Crippen molar-refractivity contribution in [3.63, 3.8) is 0 Å². The highest BCUT2D eigenvalue weighted by Crippen LogP contribution is 2.29. The van der Waals surface area contributed by atoms with Crippen LogP contribution in [0.25, 0.3) is 10.8 Å². The van der Waals surface area contributed by atoms with Crippen molar-refractivity contribution in [2.75, 3.05) is 13.7 Å². The summed E-state index contributed by atoms with van der Waals surface area (Å²) in [6.45, 7) is 2.65. The third-order valence-electron chi connectivity index (χ3n) is 4.50. The van der Waals surface area contributed by atoms with Crippen molar-refractivity contribution in [3.05, 3.63) is 77.4 Å².